The molecule has 0 unspecified atom stereocenters. The van der Waals surface area contributed by atoms with Gasteiger partial charge in [-0.1, -0.05) is 23.8 Å². The zero-order valence-corrected chi connectivity index (χ0v) is 7.60. The molecule has 0 spiro atoms. The molecule has 1 rings (SSSR count). The average Bonchev–Trinajstić information content (AvgIpc) is 2.03. The molecule has 12 heavy (non-hydrogen) atoms. The van der Waals surface area contributed by atoms with Crippen LogP contribution >= 0.6 is 11.6 Å². The fourth-order valence-corrected chi connectivity index (χ4v) is 0.849. The van der Waals surface area contributed by atoms with Crippen LogP contribution in [0, 0.1) is 0 Å². The Kier molecular flexibility index (Phi) is 3.05. The third kappa shape index (κ3) is 2.51. The predicted molar refractivity (Wildman–Crippen MR) is 50.3 cm³/mol. The van der Waals surface area contributed by atoms with Gasteiger partial charge in [-0.05, 0) is 6.92 Å². The van der Waals surface area contributed by atoms with Gasteiger partial charge in [0.1, 0.15) is 17.2 Å². The average molecular weight is 184 g/mol. The molecule has 1 aromatic rings. The molecule has 1 N–H and O–H groups in total. The molecule has 0 aliphatic carbocycles. The van der Waals surface area contributed by atoms with Crippen LogP contribution in [0.2, 0.25) is 5.02 Å². The number of hydrogen-bond acceptors (Lipinski definition) is 3. The summed E-state index contributed by atoms with van der Waals surface area (Å²) in [5.74, 6) is 0.648. The molecule has 0 aliphatic heterocycles. The van der Waals surface area contributed by atoms with E-state index in [9.17, 15) is 0 Å². The number of hydrogen-bond donors (Lipinski definition) is 1. The lowest BCUT2D eigenvalue weighted by Gasteiger charge is -2.04. The summed E-state index contributed by atoms with van der Waals surface area (Å²) in [5, 5.41) is 3.56. The summed E-state index contributed by atoms with van der Waals surface area (Å²) in [6, 6.07) is 0. The van der Waals surface area contributed by atoms with Crippen molar-refractivity contribution in [2.45, 2.75) is 6.92 Å². The highest BCUT2D eigenvalue weighted by Gasteiger charge is 1.98. The topological polar surface area (TPSA) is 37.8 Å². The minimum atomic E-state index is 0.527. The van der Waals surface area contributed by atoms with Crippen molar-refractivity contribution in [3.8, 4) is 0 Å². The Balaban J connectivity index is 2.63. The maximum Gasteiger partial charge on any atom is 0.148 e. The molecule has 0 atom stereocenters. The van der Waals surface area contributed by atoms with E-state index in [0.717, 1.165) is 5.57 Å². The second-order valence-corrected chi connectivity index (χ2v) is 2.94. The Hall–Kier alpha value is -1.09. The zero-order valence-electron chi connectivity index (χ0n) is 6.84. The van der Waals surface area contributed by atoms with Gasteiger partial charge in [0, 0.05) is 6.54 Å². The van der Waals surface area contributed by atoms with Crippen molar-refractivity contribution in [2.75, 3.05) is 11.9 Å². The Morgan fingerprint density at radius 2 is 2.50 bits per heavy atom. The van der Waals surface area contributed by atoms with E-state index in [1.54, 1.807) is 6.20 Å². The summed E-state index contributed by atoms with van der Waals surface area (Å²) in [5.41, 5.74) is 1.03. The molecule has 0 radical (unpaired) electrons. The van der Waals surface area contributed by atoms with Gasteiger partial charge in [0.15, 0.2) is 0 Å². The lowest BCUT2D eigenvalue weighted by Crippen LogP contribution is -2.04. The van der Waals surface area contributed by atoms with Gasteiger partial charge >= 0.3 is 0 Å². The molecule has 4 heteroatoms. The van der Waals surface area contributed by atoms with Crippen LogP contribution in [-0.4, -0.2) is 16.5 Å². The van der Waals surface area contributed by atoms with E-state index in [2.05, 4.69) is 21.9 Å². The molecular formula is C8H10ClN3. The number of halogens is 1. The van der Waals surface area contributed by atoms with E-state index < -0.39 is 0 Å². The first-order valence-corrected chi connectivity index (χ1v) is 3.91. The SMILES string of the molecule is C=C(C)CNc1ncncc1Cl. The third-order valence-corrected chi connectivity index (χ3v) is 1.50. The van der Waals surface area contributed by atoms with Crippen molar-refractivity contribution in [3.05, 3.63) is 29.7 Å². The van der Waals surface area contributed by atoms with Gasteiger partial charge in [-0.15, -0.1) is 0 Å². The normalized spacial score (nSPS) is 9.50. The maximum absolute atomic E-state index is 5.79. The fourth-order valence-electron chi connectivity index (χ4n) is 0.677. The number of nitrogens with zero attached hydrogens (tertiary/aromatic N) is 2. The van der Waals surface area contributed by atoms with E-state index in [1.165, 1.54) is 6.33 Å². The number of aromatic nitrogens is 2. The Labute approximate surface area is 76.5 Å². The lowest BCUT2D eigenvalue weighted by atomic mass is 10.3. The van der Waals surface area contributed by atoms with Gasteiger partial charge in [-0.3, -0.25) is 0 Å². The van der Waals surface area contributed by atoms with Gasteiger partial charge in [0.25, 0.3) is 0 Å². The summed E-state index contributed by atoms with van der Waals surface area (Å²) in [6.45, 7) is 6.36. The monoisotopic (exact) mass is 183 g/mol. The Morgan fingerprint density at radius 3 is 3.08 bits per heavy atom. The maximum atomic E-state index is 5.79. The summed E-state index contributed by atoms with van der Waals surface area (Å²) < 4.78 is 0. The van der Waals surface area contributed by atoms with Crippen LogP contribution in [0.5, 0.6) is 0 Å². The lowest BCUT2D eigenvalue weighted by molar-refractivity contribution is 1.12. The van der Waals surface area contributed by atoms with Crippen LogP contribution in [0.4, 0.5) is 5.82 Å². The summed E-state index contributed by atoms with van der Waals surface area (Å²) >= 11 is 5.79. The van der Waals surface area contributed by atoms with Crippen molar-refractivity contribution in [1.82, 2.24) is 9.97 Å². The molecular weight excluding hydrogens is 174 g/mol. The quantitative estimate of drug-likeness (QED) is 0.730. The van der Waals surface area contributed by atoms with Gasteiger partial charge < -0.3 is 5.32 Å². The summed E-state index contributed by atoms with van der Waals surface area (Å²) in [4.78, 5) is 7.72. The smallest absolute Gasteiger partial charge is 0.148 e. The van der Waals surface area contributed by atoms with Crippen LogP contribution in [0.1, 0.15) is 6.92 Å². The fraction of sp³-hybridized carbons (Fsp3) is 0.250. The zero-order chi connectivity index (χ0) is 8.97. The van der Waals surface area contributed by atoms with Crippen LogP contribution in [0.15, 0.2) is 24.7 Å². The van der Waals surface area contributed by atoms with Gasteiger partial charge in [-0.2, -0.15) is 0 Å². The van der Waals surface area contributed by atoms with Crippen molar-refractivity contribution in [1.29, 1.82) is 0 Å². The summed E-state index contributed by atoms with van der Waals surface area (Å²) in [7, 11) is 0. The van der Waals surface area contributed by atoms with E-state index in [-0.39, 0.29) is 0 Å². The molecule has 3 nitrogen and oxygen atoms in total. The molecule has 0 saturated carbocycles. The molecule has 64 valence electrons. The van der Waals surface area contributed by atoms with E-state index in [4.69, 9.17) is 11.6 Å². The minimum absolute atomic E-state index is 0.527. The van der Waals surface area contributed by atoms with E-state index >= 15 is 0 Å². The van der Waals surface area contributed by atoms with Crippen LogP contribution in [0.3, 0.4) is 0 Å². The highest BCUT2D eigenvalue weighted by molar-refractivity contribution is 6.32. The number of nitrogens with one attached hydrogen (secondary N) is 1. The van der Waals surface area contributed by atoms with Gasteiger partial charge in [0.2, 0.25) is 0 Å². The van der Waals surface area contributed by atoms with Crippen molar-refractivity contribution < 1.29 is 0 Å². The Morgan fingerprint density at radius 1 is 1.75 bits per heavy atom. The van der Waals surface area contributed by atoms with Crippen molar-refractivity contribution in [3.63, 3.8) is 0 Å². The second-order valence-electron chi connectivity index (χ2n) is 2.53. The van der Waals surface area contributed by atoms with Crippen LogP contribution in [-0.2, 0) is 0 Å². The van der Waals surface area contributed by atoms with Crippen LogP contribution in [0.25, 0.3) is 0 Å². The molecule has 1 aromatic heterocycles. The highest BCUT2D eigenvalue weighted by atomic mass is 35.5. The molecule has 0 amide bonds. The van der Waals surface area contributed by atoms with Crippen molar-refractivity contribution in [2.24, 2.45) is 0 Å². The molecule has 1 heterocycles. The first-order valence-electron chi connectivity index (χ1n) is 3.54. The van der Waals surface area contributed by atoms with E-state index in [1.807, 2.05) is 6.92 Å². The Bertz CT molecular complexity index is 285. The number of rotatable bonds is 3. The van der Waals surface area contributed by atoms with Gasteiger partial charge in [0.05, 0.1) is 6.20 Å². The molecule has 0 bridgehead atoms. The van der Waals surface area contributed by atoms with Crippen LogP contribution < -0.4 is 5.32 Å². The molecule has 0 fully saturated rings. The first-order chi connectivity index (χ1) is 5.70. The van der Waals surface area contributed by atoms with E-state index in [0.29, 0.717) is 17.4 Å². The van der Waals surface area contributed by atoms with Crippen molar-refractivity contribution >= 4 is 17.4 Å². The molecule has 0 aliphatic rings. The highest BCUT2D eigenvalue weighted by Crippen LogP contribution is 2.15. The van der Waals surface area contributed by atoms with Gasteiger partial charge in [-0.25, -0.2) is 9.97 Å². The minimum Gasteiger partial charge on any atom is -0.365 e. The first kappa shape index (κ1) is 9.00. The molecule has 0 aromatic carbocycles. The summed E-state index contributed by atoms with van der Waals surface area (Å²) in [6.07, 6.45) is 3.00. The largest absolute Gasteiger partial charge is 0.365 e. The predicted octanol–water partition coefficient (Wildman–Crippen LogP) is 2.12. The second kappa shape index (κ2) is 4.07. The standard InChI is InChI=1S/C8H10ClN3/c1-6(2)3-11-8-7(9)4-10-5-12-8/h4-5H,1,3H2,2H3,(H,10,11,12). The number of anilines is 1. The molecule has 0 saturated heterocycles. The third-order valence-electron chi connectivity index (χ3n) is 1.23.